The largest absolute Gasteiger partial charge is 0.497 e. The second-order valence-corrected chi connectivity index (χ2v) is 5.47. The summed E-state index contributed by atoms with van der Waals surface area (Å²) in [5, 5.41) is 3.58. The Hall–Kier alpha value is -2.03. The van der Waals surface area contributed by atoms with Gasteiger partial charge >= 0.3 is 0 Å². The van der Waals surface area contributed by atoms with Crippen molar-refractivity contribution in [2.24, 2.45) is 0 Å². The summed E-state index contributed by atoms with van der Waals surface area (Å²) >= 11 is 0. The van der Waals surface area contributed by atoms with Crippen LogP contribution < -0.4 is 10.1 Å². The number of methoxy groups -OCH3 is 1. The summed E-state index contributed by atoms with van der Waals surface area (Å²) in [6.07, 6.45) is 6.11. The smallest absolute Gasteiger partial charge is 0.118 e. The average Bonchev–Trinajstić information content (AvgIpc) is 2.44. The summed E-state index contributed by atoms with van der Waals surface area (Å²) in [7, 11) is 1.70. The molecule has 0 aliphatic heterocycles. The molecule has 1 aromatic heterocycles. The summed E-state index contributed by atoms with van der Waals surface area (Å²) in [6.45, 7) is 2.11. The minimum Gasteiger partial charge on any atom is -0.497 e. The van der Waals surface area contributed by atoms with Crippen LogP contribution in [0.1, 0.15) is 29.9 Å². The molecule has 1 saturated carbocycles. The topological polar surface area (TPSA) is 34.1 Å². The molecule has 1 fully saturated rings. The van der Waals surface area contributed by atoms with E-state index in [2.05, 4.69) is 29.4 Å². The molecule has 0 spiro atoms. The molecule has 1 aliphatic carbocycles. The normalized spacial score (nSPS) is 21.1. The number of aromatic nitrogens is 1. The molecule has 0 saturated heterocycles. The van der Waals surface area contributed by atoms with E-state index < -0.39 is 0 Å². The van der Waals surface area contributed by atoms with Crippen molar-refractivity contribution in [2.45, 2.75) is 31.7 Å². The lowest BCUT2D eigenvalue weighted by molar-refractivity contribution is 0.373. The van der Waals surface area contributed by atoms with Gasteiger partial charge in [-0.25, -0.2) is 0 Å². The Labute approximate surface area is 120 Å². The number of hydrogen-bond acceptors (Lipinski definition) is 3. The molecule has 1 heterocycles. The van der Waals surface area contributed by atoms with Gasteiger partial charge in [-0.15, -0.1) is 0 Å². The second-order valence-electron chi connectivity index (χ2n) is 5.47. The predicted molar refractivity (Wildman–Crippen MR) is 81.4 cm³/mol. The SMILES string of the molecule is COc1ccc(C2CC(Nc3cnccc3C)C2)cc1. The fourth-order valence-electron chi connectivity index (χ4n) is 2.72. The average molecular weight is 268 g/mol. The standard InChI is InChI=1S/C17H20N2O/c1-12-7-8-18-11-17(12)19-15-9-14(10-15)13-3-5-16(20-2)6-4-13/h3-8,11,14-15,19H,9-10H2,1-2H3. The molecule has 0 amide bonds. The van der Waals surface area contributed by atoms with Crippen LogP contribution in [0.25, 0.3) is 0 Å². The first-order chi connectivity index (χ1) is 9.76. The molecule has 1 aromatic carbocycles. The van der Waals surface area contributed by atoms with Gasteiger partial charge in [0.15, 0.2) is 0 Å². The van der Waals surface area contributed by atoms with Gasteiger partial charge in [0, 0.05) is 12.2 Å². The fourth-order valence-corrected chi connectivity index (χ4v) is 2.72. The first kappa shape index (κ1) is 13.0. The van der Waals surface area contributed by atoms with Crippen molar-refractivity contribution in [2.75, 3.05) is 12.4 Å². The van der Waals surface area contributed by atoms with Gasteiger partial charge in [0.1, 0.15) is 5.75 Å². The molecule has 20 heavy (non-hydrogen) atoms. The van der Waals surface area contributed by atoms with Crippen LogP contribution in [0.4, 0.5) is 5.69 Å². The highest BCUT2D eigenvalue weighted by molar-refractivity contribution is 5.49. The minimum atomic E-state index is 0.560. The zero-order chi connectivity index (χ0) is 13.9. The first-order valence-corrected chi connectivity index (χ1v) is 7.07. The van der Waals surface area contributed by atoms with E-state index in [0.29, 0.717) is 12.0 Å². The summed E-state index contributed by atoms with van der Waals surface area (Å²) in [5.74, 6) is 1.59. The molecule has 1 aliphatic rings. The molecular formula is C17H20N2O. The molecule has 3 heteroatoms. The summed E-state index contributed by atoms with van der Waals surface area (Å²) in [6, 6.07) is 11.0. The van der Waals surface area contributed by atoms with Crippen molar-refractivity contribution in [1.82, 2.24) is 4.98 Å². The Kier molecular flexibility index (Phi) is 3.59. The van der Waals surface area contributed by atoms with Crippen LogP contribution in [-0.4, -0.2) is 18.1 Å². The second kappa shape index (κ2) is 5.53. The van der Waals surface area contributed by atoms with Crippen molar-refractivity contribution in [1.29, 1.82) is 0 Å². The molecule has 0 atom stereocenters. The van der Waals surface area contributed by atoms with E-state index in [0.717, 1.165) is 11.4 Å². The first-order valence-electron chi connectivity index (χ1n) is 7.07. The molecule has 104 valence electrons. The van der Waals surface area contributed by atoms with Crippen molar-refractivity contribution in [3.8, 4) is 5.75 Å². The van der Waals surface area contributed by atoms with E-state index in [4.69, 9.17) is 4.74 Å². The lowest BCUT2D eigenvalue weighted by Crippen LogP contribution is -2.34. The molecule has 0 radical (unpaired) electrons. The highest BCUT2D eigenvalue weighted by Gasteiger charge is 2.30. The number of hydrogen-bond donors (Lipinski definition) is 1. The number of pyridine rings is 1. The minimum absolute atomic E-state index is 0.560. The van der Waals surface area contributed by atoms with Gasteiger partial charge in [-0.1, -0.05) is 12.1 Å². The van der Waals surface area contributed by atoms with Crippen molar-refractivity contribution in [3.63, 3.8) is 0 Å². The third-order valence-corrected chi connectivity index (χ3v) is 4.12. The van der Waals surface area contributed by atoms with Crippen molar-refractivity contribution < 1.29 is 4.74 Å². The molecular weight excluding hydrogens is 248 g/mol. The lowest BCUT2D eigenvalue weighted by atomic mass is 9.76. The van der Waals surface area contributed by atoms with Crippen LogP contribution in [0.5, 0.6) is 5.75 Å². The maximum absolute atomic E-state index is 5.19. The third-order valence-electron chi connectivity index (χ3n) is 4.12. The summed E-state index contributed by atoms with van der Waals surface area (Å²) < 4.78 is 5.19. The highest BCUT2D eigenvalue weighted by atomic mass is 16.5. The monoisotopic (exact) mass is 268 g/mol. The van der Waals surface area contributed by atoms with Gasteiger partial charge in [0.2, 0.25) is 0 Å². The zero-order valence-corrected chi connectivity index (χ0v) is 12.0. The summed E-state index contributed by atoms with van der Waals surface area (Å²) in [4.78, 5) is 4.18. The Morgan fingerprint density at radius 2 is 1.90 bits per heavy atom. The van der Waals surface area contributed by atoms with E-state index in [9.17, 15) is 0 Å². The Morgan fingerprint density at radius 1 is 1.15 bits per heavy atom. The molecule has 3 rings (SSSR count). The number of benzene rings is 1. The zero-order valence-electron chi connectivity index (χ0n) is 12.0. The van der Waals surface area contributed by atoms with E-state index in [1.54, 1.807) is 7.11 Å². The van der Waals surface area contributed by atoms with Crippen LogP contribution in [0.15, 0.2) is 42.7 Å². The van der Waals surface area contributed by atoms with Gasteiger partial charge in [0.25, 0.3) is 0 Å². The van der Waals surface area contributed by atoms with Crippen LogP contribution >= 0.6 is 0 Å². The number of ether oxygens (including phenoxy) is 1. The predicted octanol–water partition coefficient (Wildman–Crippen LogP) is 3.76. The van der Waals surface area contributed by atoms with Crippen LogP contribution in [-0.2, 0) is 0 Å². The number of anilines is 1. The lowest BCUT2D eigenvalue weighted by Gasteiger charge is -2.37. The quantitative estimate of drug-likeness (QED) is 0.916. The maximum Gasteiger partial charge on any atom is 0.118 e. The van der Waals surface area contributed by atoms with Gasteiger partial charge in [0.05, 0.1) is 19.0 Å². The van der Waals surface area contributed by atoms with E-state index in [1.165, 1.54) is 24.0 Å². The van der Waals surface area contributed by atoms with Crippen molar-refractivity contribution in [3.05, 3.63) is 53.9 Å². The van der Waals surface area contributed by atoms with E-state index in [1.807, 2.05) is 30.6 Å². The van der Waals surface area contributed by atoms with Gasteiger partial charge in [-0.05, 0) is 55.0 Å². The fraction of sp³-hybridized carbons (Fsp3) is 0.353. The van der Waals surface area contributed by atoms with Crippen LogP contribution in [0.2, 0.25) is 0 Å². The molecule has 0 unspecified atom stereocenters. The Bertz CT molecular complexity index is 574. The number of nitrogens with zero attached hydrogens (tertiary/aromatic N) is 1. The third kappa shape index (κ3) is 2.62. The highest BCUT2D eigenvalue weighted by Crippen LogP contribution is 2.39. The Balaban J connectivity index is 1.57. The number of nitrogens with one attached hydrogen (secondary N) is 1. The van der Waals surface area contributed by atoms with Crippen LogP contribution in [0.3, 0.4) is 0 Å². The van der Waals surface area contributed by atoms with E-state index in [-0.39, 0.29) is 0 Å². The molecule has 0 bridgehead atoms. The molecule has 3 nitrogen and oxygen atoms in total. The van der Waals surface area contributed by atoms with Gasteiger partial charge in [-0.3, -0.25) is 4.98 Å². The Morgan fingerprint density at radius 3 is 2.55 bits per heavy atom. The molecule has 1 N–H and O–H groups in total. The maximum atomic E-state index is 5.19. The van der Waals surface area contributed by atoms with Crippen molar-refractivity contribution >= 4 is 5.69 Å². The van der Waals surface area contributed by atoms with Crippen LogP contribution in [0, 0.1) is 6.92 Å². The molecule has 2 aromatic rings. The number of rotatable bonds is 4. The summed E-state index contributed by atoms with van der Waals surface area (Å²) in [5.41, 5.74) is 3.82. The van der Waals surface area contributed by atoms with E-state index >= 15 is 0 Å². The van der Waals surface area contributed by atoms with Gasteiger partial charge in [-0.2, -0.15) is 0 Å². The van der Waals surface area contributed by atoms with Gasteiger partial charge < -0.3 is 10.1 Å². The number of aryl methyl sites for hydroxylation is 1.